The van der Waals surface area contributed by atoms with Gasteiger partial charge in [-0.05, 0) is 36.3 Å². The monoisotopic (exact) mass is 472 g/mol. The topological polar surface area (TPSA) is 122 Å². The number of hydrogen-bond donors (Lipinski definition) is 2. The van der Waals surface area contributed by atoms with Crippen molar-refractivity contribution in [3.8, 4) is 0 Å². The molecule has 0 unspecified atom stereocenters. The van der Waals surface area contributed by atoms with Crippen LogP contribution in [-0.2, 0) is 13.6 Å². The minimum Gasteiger partial charge on any atom is -0.414 e. The van der Waals surface area contributed by atoms with Gasteiger partial charge < -0.3 is 24.4 Å². The van der Waals surface area contributed by atoms with Crippen LogP contribution in [0.15, 0.2) is 6.33 Å². The summed E-state index contributed by atoms with van der Waals surface area (Å²) in [5.41, 5.74) is 5.28. The molecule has 1 aromatic heterocycles. The van der Waals surface area contributed by atoms with Crippen molar-refractivity contribution in [2.75, 3.05) is 6.61 Å². The molecular weight excluding hydrogens is 432 g/mol. The number of primary amides is 1. The third-order valence-electron chi connectivity index (χ3n) is 7.10. The SMILES string of the molecule is CC[Si](CC)(CC)OC[C@H]1O[C@@H](n2cnc(C(N)=O)n2)[C@H](O)[C@@H]1O[Si](CC)(CC)CC. The Bertz CT molecular complexity index is 695. The highest BCUT2D eigenvalue weighted by Crippen LogP contribution is 2.36. The Kier molecular flexibility index (Phi) is 9.40. The summed E-state index contributed by atoms with van der Waals surface area (Å²) in [5.74, 6) is -0.834. The molecule has 0 aliphatic carbocycles. The van der Waals surface area contributed by atoms with Crippen LogP contribution in [0.4, 0.5) is 0 Å². The lowest BCUT2D eigenvalue weighted by atomic mass is 10.1. The number of aliphatic hydroxyl groups excluding tert-OH is 1. The number of carbonyl (C=O) groups excluding carboxylic acids is 1. The first-order valence-electron chi connectivity index (χ1n) is 11.6. The van der Waals surface area contributed by atoms with Crippen molar-refractivity contribution in [2.45, 2.75) is 102 Å². The summed E-state index contributed by atoms with van der Waals surface area (Å²) in [6, 6.07) is 6.00. The minimum absolute atomic E-state index is 0.110. The average molecular weight is 473 g/mol. The predicted molar refractivity (Wildman–Crippen MR) is 124 cm³/mol. The number of aromatic nitrogens is 3. The maximum absolute atomic E-state index is 11.4. The Labute approximate surface area is 187 Å². The molecule has 2 rings (SSSR count). The maximum Gasteiger partial charge on any atom is 0.288 e. The van der Waals surface area contributed by atoms with Crippen molar-refractivity contribution in [1.29, 1.82) is 0 Å². The molecule has 1 aliphatic rings. The van der Waals surface area contributed by atoms with Crippen LogP contribution in [0.1, 0.15) is 58.4 Å². The highest BCUT2D eigenvalue weighted by Gasteiger charge is 2.50. The molecule has 3 N–H and O–H groups in total. The summed E-state index contributed by atoms with van der Waals surface area (Å²) in [4.78, 5) is 15.3. The Hall–Kier alpha value is -1.12. The van der Waals surface area contributed by atoms with Crippen LogP contribution in [0.25, 0.3) is 0 Å². The van der Waals surface area contributed by atoms with E-state index in [4.69, 9.17) is 19.3 Å². The highest BCUT2D eigenvalue weighted by atomic mass is 28.4. The van der Waals surface area contributed by atoms with Crippen LogP contribution in [0.2, 0.25) is 36.3 Å². The highest BCUT2D eigenvalue weighted by molar-refractivity contribution is 6.74. The minimum atomic E-state index is -2.01. The lowest BCUT2D eigenvalue weighted by molar-refractivity contribution is -0.0566. The lowest BCUT2D eigenvalue weighted by Gasteiger charge is -2.35. The molecule has 11 heteroatoms. The number of rotatable bonds is 13. The van der Waals surface area contributed by atoms with E-state index in [1.165, 1.54) is 11.0 Å². The van der Waals surface area contributed by atoms with Gasteiger partial charge in [0, 0.05) is 0 Å². The Morgan fingerprint density at radius 3 is 2.10 bits per heavy atom. The maximum atomic E-state index is 11.4. The molecule has 1 aliphatic heterocycles. The molecule has 178 valence electrons. The van der Waals surface area contributed by atoms with E-state index in [0.717, 1.165) is 36.3 Å². The number of ether oxygens (including phenoxy) is 1. The number of amides is 1. The van der Waals surface area contributed by atoms with E-state index in [2.05, 4.69) is 51.6 Å². The van der Waals surface area contributed by atoms with Gasteiger partial charge in [0.15, 0.2) is 22.9 Å². The molecule has 1 fully saturated rings. The van der Waals surface area contributed by atoms with Gasteiger partial charge in [-0.2, -0.15) is 0 Å². The molecule has 4 atom stereocenters. The lowest BCUT2D eigenvalue weighted by Crippen LogP contribution is -2.49. The first-order chi connectivity index (χ1) is 14.7. The summed E-state index contributed by atoms with van der Waals surface area (Å²) >= 11 is 0. The smallest absolute Gasteiger partial charge is 0.288 e. The van der Waals surface area contributed by atoms with Crippen molar-refractivity contribution in [3.05, 3.63) is 12.2 Å². The molecular formula is C20H40N4O5Si2. The van der Waals surface area contributed by atoms with Gasteiger partial charge in [0.25, 0.3) is 5.91 Å². The van der Waals surface area contributed by atoms with Crippen molar-refractivity contribution in [3.63, 3.8) is 0 Å². The number of nitrogens with zero attached hydrogens (tertiary/aromatic N) is 3. The predicted octanol–water partition coefficient (Wildman–Crippen LogP) is 3.05. The molecule has 0 radical (unpaired) electrons. The van der Waals surface area contributed by atoms with Gasteiger partial charge >= 0.3 is 0 Å². The zero-order valence-electron chi connectivity index (χ0n) is 19.8. The molecule has 9 nitrogen and oxygen atoms in total. The Morgan fingerprint density at radius 1 is 1.10 bits per heavy atom. The van der Waals surface area contributed by atoms with E-state index in [-0.39, 0.29) is 5.82 Å². The van der Waals surface area contributed by atoms with Crippen molar-refractivity contribution < 1.29 is 23.5 Å². The van der Waals surface area contributed by atoms with Crippen molar-refractivity contribution in [2.24, 2.45) is 5.73 Å². The van der Waals surface area contributed by atoms with E-state index in [0.29, 0.717) is 6.61 Å². The molecule has 1 aromatic rings. The number of hydrogen-bond acceptors (Lipinski definition) is 7. The normalized spacial score (nSPS) is 24.6. The van der Waals surface area contributed by atoms with Gasteiger partial charge in [-0.3, -0.25) is 4.79 Å². The fourth-order valence-electron chi connectivity index (χ4n) is 4.33. The van der Waals surface area contributed by atoms with Gasteiger partial charge in [-0.25, -0.2) is 9.67 Å². The molecule has 0 bridgehead atoms. The molecule has 0 saturated carbocycles. The van der Waals surface area contributed by atoms with Crippen LogP contribution in [-0.4, -0.2) is 67.3 Å². The van der Waals surface area contributed by atoms with Gasteiger partial charge in [0.1, 0.15) is 24.6 Å². The first kappa shape index (κ1) is 26.1. The summed E-state index contributed by atoms with van der Waals surface area (Å²) in [6.07, 6.45) is -1.34. The van der Waals surface area contributed by atoms with Gasteiger partial charge in [-0.1, -0.05) is 41.5 Å². The standard InChI is InChI=1S/C20H40N4O5Si2/c1-7-30(8-2,9-3)27-13-15-17(29-31(10-4,11-5)12-6)16(25)20(28-15)24-14-22-19(23-24)18(21)26/h14-17,20,25H,7-13H2,1-6H3,(H2,21,26)/t15-,16-,17-,20-/m1/s1. The van der Waals surface area contributed by atoms with Crippen LogP contribution in [0.5, 0.6) is 0 Å². The fourth-order valence-corrected chi connectivity index (χ4v) is 9.83. The van der Waals surface area contributed by atoms with E-state index in [1.54, 1.807) is 0 Å². The first-order valence-corrected chi connectivity index (χ1v) is 16.7. The van der Waals surface area contributed by atoms with E-state index in [9.17, 15) is 9.90 Å². The van der Waals surface area contributed by atoms with Crippen LogP contribution >= 0.6 is 0 Å². The Morgan fingerprint density at radius 2 is 1.65 bits per heavy atom. The van der Waals surface area contributed by atoms with E-state index in [1.807, 2.05) is 0 Å². The second kappa shape index (κ2) is 11.1. The number of nitrogens with two attached hydrogens (primary N) is 1. The molecule has 31 heavy (non-hydrogen) atoms. The molecule has 0 aromatic carbocycles. The summed E-state index contributed by atoms with van der Waals surface area (Å²) in [5, 5.41) is 15.3. The molecule has 0 spiro atoms. The van der Waals surface area contributed by atoms with E-state index < -0.39 is 47.1 Å². The zero-order valence-corrected chi connectivity index (χ0v) is 21.8. The molecule has 1 saturated heterocycles. The second-order valence-electron chi connectivity index (χ2n) is 8.35. The second-order valence-corrected chi connectivity index (χ2v) is 17.8. The van der Waals surface area contributed by atoms with Gasteiger partial charge in [0.2, 0.25) is 5.82 Å². The van der Waals surface area contributed by atoms with Crippen LogP contribution in [0, 0.1) is 0 Å². The quantitative estimate of drug-likeness (QED) is 0.423. The largest absolute Gasteiger partial charge is 0.414 e. The summed E-state index contributed by atoms with van der Waals surface area (Å²) in [7, 11) is -3.85. The van der Waals surface area contributed by atoms with Gasteiger partial charge in [0.05, 0.1) is 6.61 Å². The summed E-state index contributed by atoms with van der Waals surface area (Å²) < 4.78 is 20.8. The zero-order chi connectivity index (χ0) is 23.2. The fraction of sp³-hybridized carbons (Fsp3) is 0.850. The van der Waals surface area contributed by atoms with E-state index >= 15 is 0 Å². The number of aliphatic hydroxyl groups is 1. The third-order valence-corrected chi connectivity index (χ3v) is 16.4. The van der Waals surface area contributed by atoms with Crippen LogP contribution in [0.3, 0.4) is 0 Å². The van der Waals surface area contributed by atoms with Crippen molar-refractivity contribution in [1.82, 2.24) is 14.8 Å². The van der Waals surface area contributed by atoms with Crippen molar-refractivity contribution >= 4 is 22.5 Å². The Balaban J connectivity index is 2.30. The third kappa shape index (κ3) is 5.63. The molecule has 2 heterocycles. The molecule has 1 amide bonds. The number of carbonyl (C=O) groups is 1. The average Bonchev–Trinajstić information content (AvgIpc) is 3.39. The van der Waals surface area contributed by atoms with Gasteiger partial charge in [-0.15, -0.1) is 5.10 Å². The summed E-state index contributed by atoms with van der Waals surface area (Å²) in [6.45, 7) is 13.4. The van der Waals surface area contributed by atoms with Crippen LogP contribution < -0.4 is 5.73 Å².